The van der Waals surface area contributed by atoms with Crippen LogP contribution < -0.4 is 15.5 Å². The molecule has 1 aliphatic heterocycles. The van der Waals surface area contributed by atoms with Crippen LogP contribution in [0, 0.1) is 12.7 Å². The predicted octanol–water partition coefficient (Wildman–Crippen LogP) is 5.91. The lowest BCUT2D eigenvalue weighted by atomic mass is 10.2. The van der Waals surface area contributed by atoms with Gasteiger partial charge in [0.15, 0.2) is 0 Å². The SMILES string of the molecule is Cc1cc(NC(=O)c2cccc(F)c2)sc1C(=O)Nc1ccc(N2CCSCC2)c(Cl)c1. The minimum atomic E-state index is -0.482. The van der Waals surface area contributed by atoms with Gasteiger partial charge in [-0.1, -0.05) is 17.7 Å². The molecule has 0 bridgehead atoms. The van der Waals surface area contributed by atoms with Gasteiger partial charge in [0.1, 0.15) is 5.82 Å². The Morgan fingerprint density at radius 3 is 2.53 bits per heavy atom. The Bertz CT molecular complexity index is 1160. The number of benzene rings is 2. The summed E-state index contributed by atoms with van der Waals surface area (Å²) in [5.41, 5.74) is 2.52. The van der Waals surface area contributed by atoms with E-state index in [1.807, 2.05) is 23.9 Å². The molecule has 0 saturated carbocycles. The van der Waals surface area contributed by atoms with Gasteiger partial charge in [-0.25, -0.2) is 4.39 Å². The molecular formula is C23H21ClFN3O2S2. The number of anilines is 3. The average molecular weight is 490 g/mol. The van der Waals surface area contributed by atoms with Crippen molar-refractivity contribution in [3.63, 3.8) is 0 Å². The van der Waals surface area contributed by atoms with Gasteiger partial charge in [0, 0.05) is 35.8 Å². The molecule has 2 N–H and O–H groups in total. The van der Waals surface area contributed by atoms with E-state index < -0.39 is 11.7 Å². The summed E-state index contributed by atoms with van der Waals surface area (Å²) < 4.78 is 13.4. The summed E-state index contributed by atoms with van der Waals surface area (Å²) in [6, 6.07) is 12.7. The van der Waals surface area contributed by atoms with Crippen LogP contribution in [0.2, 0.25) is 5.02 Å². The molecule has 2 heterocycles. The zero-order chi connectivity index (χ0) is 22.7. The van der Waals surface area contributed by atoms with E-state index >= 15 is 0 Å². The van der Waals surface area contributed by atoms with E-state index in [0.29, 0.717) is 20.6 Å². The molecule has 4 rings (SSSR count). The van der Waals surface area contributed by atoms with E-state index in [0.717, 1.165) is 47.2 Å². The third kappa shape index (κ3) is 5.26. The van der Waals surface area contributed by atoms with Crippen LogP contribution in [-0.2, 0) is 0 Å². The summed E-state index contributed by atoms with van der Waals surface area (Å²) in [7, 11) is 0. The summed E-state index contributed by atoms with van der Waals surface area (Å²) in [6.07, 6.45) is 0. The Kier molecular flexibility index (Phi) is 7.03. The molecule has 0 radical (unpaired) electrons. The highest BCUT2D eigenvalue weighted by molar-refractivity contribution is 7.99. The molecule has 32 heavy (non-hydrogen) atoms. The van der Waals surface area contributed by atoms with Crippen LogP contribution in [-0.4, -0.2) is 36.4 Å². The van der Waals surface area contributed by atoms with E-state index in [1.165, 1.54) is 24.3 Å². The summed E-state index contributed by atoms with van der Waals surface area (Å²) in [6.45, 7) is 3.71. The van der Waals surface area contributed by atoms with Gasteiger partial charge >= 0.3 is 0 Å². The molecular weight excluding hydrogens is 469 g/mol. The van der Waals surface area contributed by atoms with E-state index in [1.54, 1.807) is 19.1 Å². The zero-order valence-corrected chi connectivity index (χ0v) is 19.7. The molecule has 9 heteroatoms. The first-order valence-corrected chi connectivity index (χ1v) is 12.4. The molecule has 1 fully saturated rings. The fraction of sp³-hybridized carbons (Fsp3) is 0.217. The molecule has 166 valence electrons. The first-order valence-electron chi connectivity index (χ1n) is 10.0. The summed E-state index contributed by atoms with van der Waals surface area (Å²) in [5, 5.41) is 6.71. The van der Waals surface area contributed by atoms with Gasteiger partial charge in [0.05, 0.1) is 20.6 Å². The van der Waals surface area contributed by atoms with Crippen LogP contribution in [0.4, 0.5) is 20.8 Å². The molecule has 0 aliphatic carbocycles. The number of halogens is 2. The maximum atomic E-state index is 13.4. The Labute approximate surface area is 199 Å². The van der Waals surface area contributed by atoms with E-state index in [4.69, 9.17) is 11.6 Å². The minimum absolute atomic E-state index is 0.212. The third-order valence-corrected chi connectivity index (χ3v) is 7.40. The minimum Gasteiger partial charge on any atom is -0.369 e. The Hall–Kier alpha value is -2.55. The quantitative estimate of drug-likeness (QED) is 0.468. The van der Waals surface area contributed by atoms with Gasteiger partial charge in [-0.15, -0.1) is 11.3 Å². The number of thiophene rings is 1. The lowest BCUT2D eigenvalue weighted by Crippen LogP contribution is -2.32. The first-order chi connectivity index (χ1) is 15.4. The highest BCUT2D eigenvalue weighted by Gasteiger charge is 2.18. The molecule has 5 nitrogen and oxygen atoms in total. The average Bonchev–Trinajstić information content (AvgIpc) is 3.14. The number of rotatable bonds is 5. The molecule has 2 amide bonds. The maximum absolute atomic E-state index is 13.4. The Balaban J connectivity index is 1.44. The van der Waals surface area contributed by atoms with Gasteiger partial charge in [-0.3, -0.25) is 9.59 Å². The summed E-state index contributed by atoms with van der Waals surface area (Å²) >= 11 is 9.58. The molecule has 1 aliphatic rings. The van der Waals surface area contributed by atoms with Crippen molar-refractivity contribution in [1.82, 2.24) is 0 Å². The highest BCUT2D eigenvalue weighted by Crippen LogP contribution is 2.32. The van der Waals surface area contributed by atoms with Crippen molar-refractivity contribution in [1.29, 1.82) is 0 Å². The maximum Gasteiger partial charge on any atom is 0.266 e. The van der Waals surface area contributed by atoms with Crippen molar-refractivity contribution < 1.29 is 14.0 Å². The monoisotopic (exact) mass is 489 g/mol. The third-order valence-electron chi connectivity index (χ3n) is 5.00. The number of carbonyl (C=O) groups excluding carboxylic acids is 2. The van der Waals surface area contributed by atoms with E-state index in [-0.39, 0.29) is 11.5 Å². The fourth-order valence-corrected chi connectivity index (χ4v) is 5.58. The number of amides is 2. The Morgan fingerprint density at radius 1 is 1.03 bits per heavy atom. The van der Waals surface area contributed by atoms with Gasteiger partial charge in [-0.05, 0) is 55.0 Å². The van der Waals surface area contributed by atoms with Crippen LogP contribution in [0.5, 0.6) is 0 Å². The number of hydrogen-bond acceptors (Lipinski definition) is 5. The molecule has 3 aromatic rings. The molecule has 1 saturated heterocycles. The van der Waals surface area contributed by atoms with Gasteiger partial charge in [0.2, 0.25) is 0 Å². The van der Waals surface area contributed by atoms with Crippen LogP contribution in [0.1, 0.15) is 25.6 Å². The normalized spacial score (nSPS) is 13.7. The largest absolute Gasteiger partial charge is 0.369 e. The second kappa shape index (κ2) is 9.94. The topological polar surface area (TPSA) is 61.4 Å². The summed E-state index contributed by atoms with van der Waals surface area (Å²) in [4.78, 5) is 27.9. The van der Waals surface area contributed by atoms with Crippen LogP contribution in [0.15, 0.2) is 48.5 Å². The fourth-order valence-electron chi connectivity index (χ4n) is 3.42. The van der Waals surface area contributed by atoms with Crippen molar-refractivity contribution in [2.24, 2.45) is 0 Å². The number of hydrogen-bond donors (Lipinski definition) is 2. The molecule has 0 atom stereocenters. The summed E-state index contributed by atoms with van der Waals surface area (Å²) in [5.74, 6) is 0.951. The number of aryl methyl sites for hydroxylation is 1. The number of carbonyl (C=O) groups is 2. The smallest absolute Gasteiger partial charge is 0.266 e. The Morgan fingerprint density at radius 2 is 1.81 bits per heavy atom. The molecule has 1 aromatic heterocycles. The molecule has 0 spiro atoms. The van der Waals surface area contributed by atoms with Crippen molar-refractivity contribution in [2.75, 3.05) is 40.1 Å². The molecule has 0 unspecified atom stereocenters. The first kappa shape index (κ1) is 22.6. The second-order valence-electron chi connectivity index (χ2n) is 7.31. The number of nitrogens with zero attached hydrogens (tertiary/aromatic N) is 1. The number of nitrogens with one attached hydrogen (secondary N) is 2. The van der Waals surface area contributed by atoms with Crippen molar-refractivity contribution >= 4 is 62.9 Å². The van der Waals surface area contributed by atoms with Gasteiger partial charge in [0.25, 0.3) is 11.8 Å². The van der Waals surface area contributed by atoms with Crippen LogP contribution in [0.25, 0.3) is 0 Å². The van der Waals surface area contributed by atoms with E-state index in [2.05, 4.69) is 15.5 Å². The van der Waals surface area contributed by atoms with Crippen LogP contribution >= 0.6 is 34.7 Å². The second-order valence-corrected chi connectivity index (χ2v) is 9.99. The van der Waals surface area contributed by atoms with Gasteiger partial charge < -0.3 is 15.5 Å². The van der Waals surface area contributed by atoms with Crippen molar-refractivity contribution in [2.45, 2.75) is 6.92 Å². The van der Waals surface area contributed by atoms with Crippen LogP contribution in [0.3, 0.4) is 0 Å². The zero-order valence-electron chi connectivity index (χ0n) is 17.3. The lowest BCUT2D eigenvalue weighted by molar-refractivity contribution is 0.101. The lowest BCUT2D eigenvalue weighted by Gasteiger charge is -2.29. The van der Waals surface area contributed by atoms with E-state index in [9.17, 15) is 14.0 Å². The van der Waals surface area contributed by atoms with Crippen molar-refractivity contribution in [3.8, 4) is 0 Å². The standard InChI is InChI=1S/C23H21ClFN3O2S2/c1-14-11-20(27-22(29)15-3-2-4-16(25)12-15)32-21(14)23(30)26-17-5-6-19(18(24)13-17)28-7-9-31-10-8-28/h2-6,11-13H,7-10H2,1H3,(H,26,30)(H,27,29). The van der Waals surface area contributed by atoms with Crippen molar-refractivity contribution in [3.05, 3.63) is 75.4 Å². The van der Waals surface area contributed by atoms with Gasteiger partial charge in [-0.2, -0.15) is 11.8 Å². The predicted molar refractivity (Wildman–Crippen MR) is 132 cm³/mol. The highest BCUT2D eigenvalue weighted by atomic mass is 35.5. The number of thioether (sulfide) groups is 1. The molecule has 2 aromatic carbocycles.